The van der Waals surface area contributed by atoms with Crippen LogP contribution in [0.25, 0.3) is 0 Å². The molecule has 2 heterocycles. The van der Waals surface area contributed by atoms with Crippen LogP contribution in [0.15, 0.2) is 52.6 Å². The van der Waals surface area contributed by atoms with E-state index in [0.717, 1.165) is 31.3 Å². The first kappa shape index (κ1) is 77.2. The number of guanidine groups is 1. The number of carboxylic acid groups (broad SMARTS) is 1. The first-order valence-corrected chi connectivity index (χ1v) is 30.5. The SMILES string of the molecule is CN=C(N)NCCCCC/C=C(\C)C[C@H](C)[C@@H]1OC(=O)[C@H](C)[C@H](O)/C(C)=C/C[C@@H](O)[C@H](C)[C@@H](O)C[C@@H](O)[C@H](C)[C@H](O)CC[C@H](C)[C@@H](O)C[C@]2(O)O[C@@H](C[C@@H](OC(=O)CC(=O)O)C[C@H](O)C[C@@H](O)C[C@H](O)[C@@H](C)[C@H](O)/C=C/C=C/[C@H]1C)C[C@@H](O)[C@@H]2O. The van der Waals surface area contributed by atoms with E-state index in [0.29, 0.717) is 24.5 Å². The minimum absolute atomic E-state index is 0.0168. The highest BCUT2D eigenvalue weighted by molar-refractivity contribution is 5.90. The van der Waals surface area contributed by atoms with Gasteiger partial charge in [-0.2, -0.15) is 0 Å². The Labute approximate surface area is 503 Å². The number of nitrogens with zero attached hydrogens (tertiary/aromatic N) is 1. The van der Waals surface area contributed by atoms with E-state index in [1.807, 2.05) is 20.8 Å². The zero-order chi connectivity index (χ0) is 64.5. The van der Waals surface area contributed by atoms with E-state index in [-0.39, 0.29) is 63.2 Å². The number of unbranched alkanes of at least 4 members (excludes halogenated alkanes) is 3. The van der Waals surface area contributed by atoms with Crippen LogP contribution in [-0.2, 0) is 28.6 Å². The van der Waals surface area contributed by atoms with Gasteiger partial charge in [-0.05, 0) is 102 Å². The van der Waals surface area contributed by atoms with Crippen LogP contribution in [0.1, 0.15) is 165 Å². The number of nitrogens with one attached hydrogen (secondary N) is 1. The molecule has 85 heavy (non-hydrogen) atoms. The summed E-state index contributed by atoms with van der Waals surface area (Å²) in [6.07, 6.45) is -8.56. The topological polar surface area (TPSA) is 413 Å². The second-order valence-electron chi connectivity index (χ2n) is 24.8. The molecular formula is C62H109N3O20. The molecule has 0 aromatic heterocycles. The molecule has 0 saturated carbocycles. The molecule has 0 unspecified atom stereocenters. The summed E-state index contributed by atoms with van der Waals surface area (Å²) in [5.41, 5.74) is 7.20. The number of aliphatic hydroxyl groups is 13. The Morgan fingerprint density at radius 3 is 2.02 bits per heavy atom. The van der Waals surface area contributed by atoms with Crippen molar-refractivity contribution in [3.63, 3.8) is 0 Å². The quantitative estimate of drug-likeness (QED) is 0.0333. The van der Waals surface area contributed by atoms with E-state index >= 15 is 0 Å². The Hall–Kier alpha value is -3.92. The Morgan fingerprint density at radius 1 is 0.776 bits per heavy atom. The van der Waals surface area contributed by atoms with E-state index in [1.54, 1.807) is 72.9 Å². The summed E-state index contributed by atoms with van der Waals surface area (Å²) in [4.78, 5) is 41.9. The van der Waals surface area contributed by atoms with Crippen molar-refractivity contribution in [3.8, 4) is 0 Å². The predicted octanol–water partition coefficient (Wildman–Crippen LogP) is 2.56. The maximum absolute atomic E-state index is 13.9. The number of ether oxygens (including phenoxy) is 3. The standard InChI is InChI=1S/C62H109N3O20/c1-34(17-13-11-12-16-24-65-61(63)64-10)25-38(5)58-37(4)18-14-15-19-47(68)39(6)50(71)28-44(67)26-43(66)27-45(83-56(78)32-55(76)77)29-46-30-53(74)59(80)62(82,85-46)33-54(75)35(2)20-22-48(69)40(7)51(72)31-52(73)41(8)49(70)23-21-36(3)57(79)42(9)60(81)84-58/h14-15,17-19,21,35,37-54,57-59,66-75,79-80,82H,11-13,16,20,22-33H2,1-10H3,(H,76,77)(H3,63,64,65)/b18-14+,19-15+,34-17+,36-21+/t35-,37+,38-,39-,40+,41-,42+,43+,44+,45-,46-,47+,48+,49+,50-,51+,52-,53+,54-,57+,58+,59-,62-/m0/s1. The summed E-state index contributed by atoms with van der Waals surface area (Å²) in [6, 6.07) is 0. The highest BCUT2D eigenvalue weighted by Gasteiger charge is 2.50. The van der Waals surface area contributed by atoms with Crippen molar-refractivity contribution in [2.75, 3.05) is 13.6 Å². The number of hydrogen-bond acceptors (Lipinski definition) is 20. The number of aliphatic imine (C=N–C) groups is 1. The summed E-state index contributed by atoms with van der Waals surface area (Å²) in [7, 11) is 1.62. The molecule has 23 heteroatoms. The Balaban J connectivity index is 2.49. The lowest BCUT2D eigenvalue weighted by atomic mass is 9.83. The summed E-state index contributed by atoms with van der Waals surface area (Å²) >= 11 is 0. The second-order valence-corrected chi connectivity index (χ2v) is 24.8. The number of cyclic esters (lactones) is 1. The fourth-order valence-electron chi connectivity index (χ4n) is 11.0. The van der Waals surface area contributed by atoms with Gasteiger partial charge in [0.15, 0.2) is 11.7 Å². The van der Waals surface area contributed by atoms with Gasteiger partial charge < -0.3 is 96.8 Å². The lowest BCUT2D eigenvalue weighted by Gasteiger charge is -2.45. The van der Waals surface area contributed by atoms with Crippen LogP contribution in [0.3, 0.4) is 0 Å². The number of carbonyl (C=O) groups is 3. The van der Waals surface area contributed by atoms with Crippen LogP contribution in [0.4, 0.5) is 0 Å². The molecular weight excluding hydrogens is 1110 g/mol. The number of hydrogen-bond donors (Lipinski definition) is 16. The summed E-state index contributed by atoms with van der Waals surface area (Å²) < 4.78 is 17.5. The first-order valence-electron chi connectivity index (χ1n) is 30.5. The molecule has 1 fully saturated rings. The molecule has 17 N–H and O–H groups in total. The highest BCUT2D eigenvalue weighted by atomic mass is 16.7. The predicted molar refractivity (Wildman–Crippen MR) is 319 cm³/mol. The number of carboxylic acids is 1. The van der Waals surface area contributed by atoms with Gasteiger partial charge in [0.25, 0.3) is 0 Å². The van der Waals surface area contributed by atoms with E-state index in [9.17, 15) is 85.9 Å². The molecule has 0 aromatic carbocycles. The number of esters is 2. The van der Waals surface area contributed by atoms with Crippen LogP contribution < -0.4 is 11.1 Å². The fourth-order valence-corrected chi connectivity index (χ4v) is 11.0. The third-order valence-corrected chi connectivity index (χ3v) is 17.3. The molecule has 0 radical (unpaired) electrons. The maximum atomic E-state index is 13.9. The Bertz CT molecular complexity index is 2130. The minimum atomic E-state index is -2.57. The van der Waals surface area contributed by atoms with Crippen molar-refractivity contribution in [3.05, 3.63) is 47.6 Å². The highest BCUT2D eigenvalue weighted by Crippen LogP contribution is 2.37. The molecule has 492 valence electrons. The lowest BCUT2D eigenvalue weighted by Crippen LogP contribution is -2.60. The van der Waals surface area contributed by atoms with Crippen LogP contribution in [0.5, 0.6) is 0 Å². The number of fused-ring (bicyclic) bond motifs is 2. The molecule has 0 spiro atoms. The largest absolute Gasteiger partial charge is 0.481 e. The second kappa shape index (κ2) is 38.5. The van der Waals surface area contributed by atoms with E-state index < -0.39 is 164 Å². The van der Waals surface area contributed by atoms with Gasteiger partial charge in [0.2, 0.25) is 0 Å². The molecule has 2 bridgehead atoms. The smallest absolute Gasteiger partial charge is 0.317 e. The van der Waals surface area contributed by atoms with Gasteiger partial charge in [-0.1, -0.05) is 90.0 Å². The zero-order valence-electron chi connectivity index (χ0n) is 51.9. The van der Waals surface area contributed by atoms with Gasteiger partial charge in [-0.15, -0.1) is 0 Å². The van der Waals surface area contributed by atoms with Gasteiger partial charge in [-0.25, -0.2) is 0 Å². The lowest BCUT2D eigenvalue weighted by molar-refractivity contribution is -0.333. The molecule has 23 nitrogen and oxygen atoms in total. The van der Waals surface area contributed by atoms with E-state index in [2.05, 4.69) is 16.4 Å². The number of aliphatic hydroxyl groups excluding tert-OH is 12. The molecule has 1 saturated heterocycles. The molecule has 2 rings (SSSR count). The van der Waals surface area contributed by atoms with Gasteiger partial charge >= 0.3 is 17.9 Å². The van der Waals surface area contributed by atoms with Gasteiger partial charge in [-0.3, -0.25) is 19.4 Å². The van der Waals surface area contributed by atoms with Gasteiger partial charge in [0.1, 0.15) is 24.7 Å². The summed E-state index contributed by atoms with van der Waals surface area (Å²) in [6.45, 7) is 16.1. The van der Waals surface area contributed by atoms with Crippen molar-refractivity contribution in [2.45, 2.75) is 262 Å². The summed E-state index contributed by atoms with van der Waals surface area (Å²) in [5, 5.41) is 158. The van der Waals surface area contributed by atoms with Crippen molar-refractivity contribution >= 4 is 23.9 Å². The average molecular weight is 1220 g/mol. The fraction of sp³-hybridized carbons (Fsp3) is 0.806. The van der Waals surface area contributed by atoms with E-state index in [4.69, 9.17) is 19.9 Å². The molecule has 2 aliphatic rings. The van der Waals surface area contributed by atoms with Gasteiger partial charge in [0, 0.05) is 62.9 Å². The van der Waals surface area contributed by atoms with Crippen LogP contribution >= 0.6 is 0 Å². The normalized spacial score (nSPS) is 39.8. The van der Waals surface area contributed by atoms with Crippen molar-refractivity contribution in [2.24, 2.45) is 52.2 Å². The average Bonchev–Trinajstić information content (AvgIpc) is 1.73. The molecule has 0 amide bonds. The minimum Gasteiger partial charge on any atom is -0.481 e. The van der Waals surface area contributed by atoms with Crippen LogP contribution in [-0.4, -0.2) is 206 Å². The number of rotatable bonds is 12. The number of aliphatic carboxylic acids is 1. The number of carbonyl (C=O) groups excluding carboxylic acids is 2. The first-order chi connectivity index (χ1) is 39.7. The van der Waals surface area contributed by atoms with E-state index in [1.165, 1.54) is 6.08 Å². The van der Waals surface area contributed by atoms with Crippen molar-refractivity contribution in [1.29, 1.82) is 0 Å². The summed E-state index contributed by atoms with van der Waals surface area (Å²) in [5.74, 6) is -10.3. The molecule has 0 aliphatic carbocycles. The zero-order valence-corrected chi connectivity index (χ0v) is 51.9. The molecule has 23 atom stereocenters. The van der Waals surface area contributed by atoms with Crippen molar-refractivity contribution < 1.29 is 100 Å². The Kier molecular flexibility index (Phi) is 34.9. The van der Waals surface area contributed by atoms with Crippen molar-refractivity contribution in [1.82, 2.24) is 5.32 Å². The Morgan fingerprint density at radius 2 is 1.39 bits per heavy atom. The van der Waals surface area contributed by atoms with Gasteiger partial charge in [0.05, 0.1) is 79.2 Å². The molecule has 2 aliphatic heterocycles. The monoisotopic (exact) mass is 1220 g/mol. The van der Waals surface area contributed by atoms with Crippen LogP contribution in [0.2, 0.25) is 0 Å². The maximum Gasteiger partial charge on any atom is 0.317 e. The third-order valence-electron chi connectivity index (χ3n) is 17.3. The number of allylic oxidation sites excluding steroid dienone is 4. The third kappa shape index (κ3) is 27.6. The van der Waals surface area contributed by atoms with Crippen LogP contribution in [0, 0.1) is 41.4 Å². The molecule has 0 aromatic rings. The number of nitrogens with two attached hydrogens (primary N) is 1.